The summed E-state index contributed by atoms with van der Waals surface area (Å²) in [6.07, 6.45) is 2.60. The summed E-state index contributed by atoms with van der Waals surface area (Å²) < 4.78 is 0. The summed E-state index contributed by atoms with van der Waals surface area (Å²) in [6, 6.07) is -0.499. The van der Waals surface area contributed by atoms with E-state index in [0.29, 0.717) is 12.8 Å². The van der Waals surface area contributed by atoms with Crippen LogP contribution >= 0.6 is 0 Å². The predicted octanol–water partition coefficient (Wildman–Crippen LogP) is -0.340. The molecular weight excluding hydrogens is 196 g/mol. The van der Waals surface area contributed by atoms with Crippen molar-refractivity contribution in [3.63, 3.8) is 0 Å². The Morgan fingerprint density at radius 2 is 2.00 bits per heavy atom. The van der Waals surface area contributed by atoms with Crippen LogP contribution in [0.2, 0.25) is 0 Å². The van der Waals surface area contributed by atoms with E-state index in [1.54, 1.807) is 0 Å². The van der Waals surface area contributed by atoms with Crippen LogP contribution in [0.5, 0.6) is 0 Å². The van der Waals surface area contributed by atoms with Gasteiger partial charge in [0.1, 0.15) is 6.04 Å². The molecule has 82 valence electrons. The van der Waals surface area contributed by atoms with Crippen molar-refractivity contribution in [1.82, 2.24) is 10.2 Å². The first-order valence-corrected chi connectivity index (χ1v) is 5.20. The van der Waals surface area contributed by atoms with Gasteiger partial charge < -0.3 is 5.32 Å². The SMILES string of the molecule is CN1C(=O)CCC(NC(=O)C2CC2)C1=O. The maximum absolute atomic E-state index is 11.6. The summed E-state index contributed by atoms with van der Waals surface area (Å²) >= 11 is 0. The second-order valence-corrected chi connectivity index (χ2v) is 4.17. The van der Waals surface area contributed by atoms with Gasteiger partial charge in [-0.25, -0.2) is 0 Å². The fourth-order valence-corrected chi connectivity index (χ4v) is 1.68. The molecule has 0 aromatic carbocycles. The van der Waals surface area contributed by atoms with E-state index in [9.17, 15) is 14.4 Å². The quantitative estimate of drug-likeness (QED) is 0.634. The lowest BCUT2D eigenvalue weighted by molar-refractivity contribution is -0.149. The molecule has 5 nitrogen and oxygen atoms in total. The van der Waals surface area contributed by atoms with Crippen LogP contribution in [0, 0.1) is 5.92 Å². The molecule has 0 radical (unpaired) electrons. The van der Waals surface area contributed by atoms with Gasteiger partial charge >= 0.3 is 0 Å². The van der Waals surface area contributed by atoms with Crippen LogP contribution in [0.1, 0.15) is 25.7 Å². The second-order valence-electron chi connectivity index (χ2n) is 4.17. The number of hydrogen-bond donors (Lipinski definition) is 1. The molecule has 3 amide bonds. The number of likely N-dealkylation sites (N-methyl/N-ethyl adjacent to an activating group) is 1. The van der Waals surface area contributed by atoms with Gasteiger partial charge in [0.25, 0.3) is 5.91 Å². The van der Waals surface area contributed by atoms with E-state index >= 15 is 0 Å². The molecule has 2 fully saturated rings. The van der Waals surface area contributed by atoms with Crippen molar-refractivity contribution in [3.05, 3.63) is 0 Å². The smallest absolute Gasteiger partial charge is 0.251 e. The normalized spacial score (nSPS) is 26.7. The highest BCUT2D eigenvalue weighted by Crippen LogP contribution is 2.29. The van der Waals surface area contributed by atoms with E-state index in [1.807, 2.05) is 0 Å². The van der Waals surface area contributed by atoms with E-state index in [-0.39, 0.29) is 23.6 Å². The van der Waals surface area contributed by atoms with E-state index in [4.69, 9.17) is 0 Å². The summed E-state index contributed by atoms with van der Waals surface area (Å²) in [6.45, 7) is 0. The van der Waals surface area contributed by atoms with Crippen LogP contribution in [-0.4, -0.2) is 35.7 Å². The predicted molar refractivity (Wildman–Crippen MR) is 51.7 cm³/mol. The van der Waals surface area contributed by atoms with Gasteiger partial charge in [-0.05, 0) is 19.3 Å². The van der Waals surface area contributed by atoms with Gasteiger partial charge in [-0.1, -0.05) is 0 Å². The average molecular weight is 210 g/mol. The Kier molecular flexibility index (Phi) is 2.46. The van der Waals surface area contributed by atoms with Crippen LogP contribution in [0.3, 0.4) is 0 Å². The van der Waals surface area contributed by atoms with Crippen molar-refractivity contribution >= 4 is 17.7 Å². The molecule has 1 saturated carbocycles. The number of amides is 3. The first-order chi connectivity index (χ1) is 7.09. The van der Waals surface area contributed by atoms with Crippen molar-refractivity contribution in [1.29, 1.82) is 0 Å². The fraction of sp³-hybridized carbons (Fsp3) is 0.700. The van der Waals surface area contributed by atoms with Gasteiger partial charge in [0.05, 0.1) is 0 Å². The van der Waals surface area contributed by atoms with Gasteiger partial charge in [-0.3, -0.25) is 19.3 Å². The third-order valence-electron chi connectivity index (χ3n) is 2.91. The van der Waals surface area contributed by atoms with Crippen LogP contribution in [-0.2, 0) is 14.4 Å². The zero-order valence-corrected chi connectivity index (χ0v) is 8.66. The van der Waals surface area contributed by atoms with Crippen molar-refractivity contribution in [2.24, 2.45) is 5.92 Å². The van der Waals surface area contributed by atoms with E-state index < -0.39 is 6.04 Å². The van der Waals surface area contributed by atoms with E-state index in [2.05, 4.69) is 5.32 Å². The lowest BCUT2D eigenvalue weighted by Gasteiger charge is -2.28. The van der Waals surface area contributed by atoms with Gasteiger partial charge in [-0.2, -0.15) is 0 Å². The Morgan fingerprint density at radius 3 is 2.60 bits per heavy atom. The lowest BCUT2D eigenvalue weighted by Crippen LogP contribution is -2.53. The molecule has 1 aliphatic heterocycles. The largest absolute Gasteiger partial charge is 0.344 e. The summed E-state index contributed by atoms with van der Waals surface area (Å²) in [5.41, 5.74) is 0. The first-order valence-electron chi connectivity index (χ1n) is 5.20. The molecule has 0 spiro atoms. The Labute approximate surface area is 87.8 Å². The minimum Gasteiger partial charge on any atom is -0.344 e. The molecule has 1 N–H and O–H groups in total. The van der Waals surface area contributed by atoms with Gasteiger partial charge in [0.2, 0.25) is 11.8 Å². The molecule has 1 heterocycles. The molecule has 1 aliphatic carbocycles. The maximum Gasteiger partial charge on any atom is 0.251 e. The number of carbonyl (C=O) groups excluding carboxylic acids is 3. The second kappa shape index (κ2) is 3.64. The zero-order valence-electron chi connectivity index (χ0n) is 8.66. The summed E-state index contributed by atoms with van der Waals surface area (Å²) in [5.74, 6) is -0.408. The number of nitrogens with one attached hydrogen (secondary N) is 1. The first kappa shape index (κ1) is 10.1. The molecule has 5 heteroatoms. The molecule has 0 aromatic heterocycles. The molecule has 1 unspecified atom stereocenters. The number of likely N-dealkylation sites (tertiary alicyclic amines) is 1. The lowest BCUT2D eigenvalue weighted by atomic mass is 10.0. The van der Waals surface area contributed by atoms with Gasteiger partial charge in [0, 0.05) is 19.4 Å². The third kappa shape index (κ3) is 2.00. The highest BCUT2D eigenvalue weighted by Gasteiger charge is 2.36. The Hall–Kier alpha value is -1.39. The Morgan fingerprint density at radius 1 is 1.33 bits per heavy atom. The fourth-order valence-electron chi connectivity index (χ4n) is 1.68. The molecule has 2 rings (SSSR count). The number of rotatable bonds is 2. The monoisotopic (exact) mass is 210 g/mol. The number of hydrogen-bond acceptors (Lipinski definition) is 3. The van der Waals surface area contributed by atoms with Crippen molar-refractivity contribution in [2.75, 3.05) is 7.05 Å². The third-order valence-corrected chi connectivity index (χ3v) is 2.91. The van der Waals surface area contributed by atoms with Gasteiger partial charge in [0.15, 0.2) is 0 Å². The van der Waals surface area contributed by atoms with Gasteiger partial charge in [-0.15, -0.1) is 0 Å². The van der Waals surface area contributed by atoms with E-state index in [1.165, 1.54) is 7.05 Å². The number of piperidine rings is 1. The summed E-state index contributed by atoms with van der Waals surface area (Å²) in [4.78, 5) is 35.3. The van der Waals surface area contributed by atoms with Crippen LogP contribution < -0.4 is 5.32 Å². The van der Waals surface area contributed by atoms with Crippen LogP contribution in [0.4, 0.5) is 0 Å². The van der Waals surface area contributed by atoms with Crippen LogP contribution in [0.25, 0.3) is 0 Å². The molecular formula is C10H14N2O3. The average Bonchev–Trinajstić information content (AvgIpc) is 3.02. The Balaban J connectivity index is 1.94. The molecule has 2 aliphatic rings. The molecule has 1 atom stereocenters. The van der Waals surface area contributed by atoms with Crippen LogP contribution in [0.15, 0.2) is 0 Å². The number of nitrogens with zero attached hydrogens (tertiary/aromatic N) is 1. The minimum atomic E-state index is -0.499. The molecule has 1 saturated heterocycles. The molecule has 0 aromatic rings. The molecule has 0 bridgehead atoms. The summed E-state index contributed by atoms with van der Waals surface area (Å²) in [5, 5.41) is 2.70. The van der Waals surface area contributed by atoms with Crippen molar-refractivity contribution in [2.45, 2.75) is 31.7 Å². The van der Waals surface area contributed by atoms with Crippen molar-refractivity contribution in [3.8, 4) is 0 Å². The topological polar surface area (TPSA) is 66.5 Å². The highest BCUT2D eigenvalue weighted by molar-refractivity contribution is 6.01. The van der Waals surface area contributed by atoms with E-state index in [0.717, 1.165) is 17.7 Å². The summed E-state index contributed by atoms with van der Waals surface area (Å²) in [7, 11) is 1.46. The van der Waals surface area contributed by atoms with Crippen molar-refractivity contribution < 1.29 is 14.4 Å². The minimum absolute atomic E-state index is 0.0453. The Bertz CT molecular complexity index is 323. The standard InChI is InChI=1S/C10H14N2O3/c1-12-8(13)5-4-7(10(12)15)11-9(14)6-2-3-6/h6-7H,2-5H2,1H3,(H,11,14). The zero-order chi connectivity index (χ0) is 11.0. The highest BCUT2D eigenvalue weighted by atomic mass is 16.2. The number of imide groups is 1. The number of carbonyl (C=O) groups is 3. The molecule has 15 heavy (non-hydrogen) atoms. The maximum atomic E-state index is 11.6.